The van der Waals surface area contributed by atoms with Crippen molar-refractivity contribution in [2.45, 2.75) is 230 Å². The fraction of sp³-hybridized carbons (Fsp3) is 0.889. The minimum atomic E-state index is -1.53. The van der Waals surface area contributed by atoms with Gasteiger partial charge in [0, 0.05) is 13.0 Å². The molecule has 0 saturated carbocycles. The third kappa shape index (κ3) is 28.1. The SMILES string of the molecule is CCCCCCC/C=C\C/C=C\CCCCCCCCCCCCOCC(COC1OC(CO)C(O)C(O)C1O)OC(=O)CCCCCCCCCCC. The molecule has 9 nitrogen and oxygen atoms in total. The summed E-state index contributed by atoms with van der Waals surface area (Å²) in [7, 11) is 0. The van der Waals surface area contributed by atoms with Gasteiger partial charge in [-0.15, -0.1) is 0 Å². The zero-order chi connectivity index (χ0) is 39.3. The highest BCUT2D eigenvalue weighted by Gasteiger charge is 2.44. The van der Waals surface area contributed by atoms with Crippen LogP contribution >= 0.6 is 0 Å². The number of hydrogen-bond donors (Lipinski definition) is 4. The Morgan fingerprint density at radius 1 is 0.593 bits per heavy atom. The number of allylic oxidation sites excluding steroid dienone is 4. The molecule has 4 N–H and O–H groups in total. The van der Waals surface area contributed by atoms with Crippen molar-refractivity contribution in [3.05, 3.63) is 24.3 Å². The number of carbonyl (C=O) groups excluding carboxylic acids is 1. The number of ether oxygens (including phenoxy) is 4. The molecule has 0 aliphatic carbocycles. The van der Waals surface area contributed by atoms with E-state index < -0.39 is 43.4 Å². The molecule has 0 aromatic carbocycles. The molecule has 54 heavy (non-hydrogen) atoms. The van der Waals surface area contributed by atoms with E-state index in [4.69, 9.17) is 18.9 Å². The zero-order valence-electron chi connectivity index (χ0n) is 34.7. The van der Waals surface area contributed by atoms with E-state index in [-0.39, 0.29) is 19.2 Å². The molecule has 0 radical (unpaired) electrons. The van der Waals surface area contributed by atoms with Crippen LogP contribution in [0, 0.1) is 0 Å². The first-order chi connectivity index (χ1) is 26.4. The van der Waals surface area contributed by atoms with E-state index in [1.54, 1.807) is 0 Å². The number of unbranched alkanes of at least 4 members (excludes halogenated alkanes) is 23. The smallest absolute Gasteiger partial charge is 0.306 e. The van der Waals surface area contributed by atoms with Crippen molar-refractivity contribution in [2.24, 2.45) is 0 Å². The average molecular weight is 769 g/mol. The Bertz CT molecular complexity index is 879. The largest absolute Gasteiger partial charge is 0.457 e. The van der Waals surface area contributed by atoms with E-state index >= 15 is 0 Å². The van der Waals surface area contributed by atoms with Crippen molar-refractivity contribution in [3.63, 3.8) is 0 Å². The van der Waals surface area contributed by atoms with Crippen molar-refractivity contribution in [3.8, 4) is 0 Å². The van der Waals surface area contributed by atoms with Crippen molar-refractivity contribution in [1.29, 1.82) is 0 Å². The summed E-state index contributed by atoms with van der Waals surface area (Å²) in [6, 6.07) is 0. The Balaban J connectivity index is 2.19. The summed E-state index contributed by atoms with van der Waals surface area (Å²) >= 11 is 0. The van der Waals surface area contributed by atoms with Crippen LogP contribution in [0.15, 0.2) is 24.3 Å². The highest BCUT2D eigenvalue weighted by molar-refractivity contribution is 5.69. The topological polar surface area (TPSA) is 135 Å². The molecule has 0 spiro atoms. The number of aliphatic hydroxyl groups is 4. The molecule has 1 fully saturated rings. The summed E-state index contributed by atoms with van der Waals surface area (Å²) in [5, 5.41) is 40.0. The van der Waals surface area contributed by atoms with Crippen LogP contribution in [0.1, 0.15) is 194 Å². The van der Waals surface area contributed by atoms with E-state index in [9.17, 15) is 25.2 Å². The molecule has 9 heteroatoms. The number of rotatable bonds is 38. The molecule has 1 rings (SSSR count). The Morgan fingerprint density at radius 3 is 1.59 bits per heavy atom. The van der Waals surface area contributed by atoms with Gasteiger partial charge in [-0.2, -0.15) is 0 Å². The average Bonchev–Trinajstić information content (AvgIpc) is 3.17. The van der Waals surface area contributed by atoms with Gasteiger partial charge in [-0.1, -0.05) is 167 Å². The Morgan fingerprint density at radius 2 is 1.07 bits per heavy atom. The summed E-state index contributed by atoms with van der Waals surface area (Å²) in [4.78, 5) is 12.7. The normalized spacial score (nSPS) is 21.0. The van der Waals surface area contributed by atoms with E-state index in [0.29, 0.717) is 13.0 Å². The summed E-state index contributed by atoms with van der Waals surface area (Å²) in [5.74, 6) is -0.317. The lowest BCUT2D eigenvalue weighted by Crippen LogP contribution is -2.59. The molecule has 6 atom stereocenters. The van der Waals surface area contributed by atoms with Crippen LogP contribution in [-0.2, 0) is 23.7 Å². The van der Waals surface area contributed by atoms with Gasteiger partial charge in [0.05, 0.1) is 19.8 Å². The molecule has 0 aromatic rings. The second-order valence-electron chi connectivity index (χ2n) is 15.5. The molecular formula is C45H84O9. The second-order valence-corrected chi connectivity index (χ2v) is 15.5. The lowest BCUT2D eigenvalue weighted by Gasteiger charge is -2.39. The van der Waals surface area contributed by atoms with Gasteiger partial charge in [0.1, 0.15) is 30.5 Å². The molecule has 0 amide bonds. The van der Waals surface area contributed by atoms with Gasteiger partial charge in [0.15, 0.2) is 6.29 Å². The van der Waals surface area contributed by atoms with Gasteiger partial charge in [-0.3, -0.25) is 4.79 Å². The first kappa shape index (κ1) is 50.7. The molecule has 1 aliphatic heterocycles. The minimum Gasteiger partial charge on any atom is -0.457 e. The maximum atomic E-state index is 12.7. The summed E-state index contributed by atoms with van der Waals surface area (Å²) < 4.78 is 22.8. The second kappa shape index (κ2) is 37.3. The van der Waals surface area contributed by atoms with Crippen LogP contribution in [0.5, 0.6) is 0 Å². The quantitative estimate of drug-likeness (QED) is 0.0275. The van der Waals surface area contributed by atoms with Gasteiger partial charge >= 0.3 is 5.97 Å². The Hall–Kier alpha value is -1.33. The maximum absolute atomic E-state index is 12.7. The van der Waals surface area contributed by atoms with Gasteiger partial charge in [0.25, 0.3) is 0 Å². The minimum absolute atomic E-state index is 0.111. The maximum Gasteiger partial charge on any atom is 0.306 e. The predicted octanol–water partition coefficient (Wildman–Crippen LogP) is 9.81. The lowest BCUT2D eigenvalue weighted by atomic mass is 9.99. The summed E-state index contributed by atoms with van der Waals surface area (Å²) in [6.45, 7) is 4.53. The van der Waals surface area contributed by atoms with E-state index in [2.05, 4.69) is 38.2 Å². The molecule has 1 saturated heterocycles. The van der Waals surface area contributed by atoms with Crippen LogP contribution in [0.25, 0.3) is 0 Å². The summed E-state index contributed by atoms with van der Waals surface area (Å²) in [6.07, 6.45) is 35.0. The monoisotopic (exact) mass is 769 g/mol. The third-order valence-electron chi connectivity index (χ3n) is 10.4. The van der Waals surface area contributed by atoms with Crippen LogP contribution in [0.3, 0.4) is 0 Å². The Labute approximate surface area is 330 Å². The predicted molar refractivity (Wildman–Crippen MR) is 219 cm³/mol. The fourth-order valence-electron chi connectivity index (χ4n) is 6.82. The van der Waals surface area contributed by atoms with E-state index in [1.807, 2.05) is 0 Å². The molecule has 318 valence electrons. The molecule has 0 bridgehead atoms. The molecule has 0 aromatic heterocycles. The highest BCUT2D eigenvalue weighted by Crippen LogP contribution is 2.22. The summed E-state index contributed by atoms with van der Waals surface area (Å²) in [5.41, 5.74) is 0. The van der Waals surface area contributed by atoms with Crippen LogP contribution in [0.4, 0.5) is 0 Å². The highest BCUT2D eigenvalue weighted by atomic mass is 16.7. The van der Waals surface area contributed by atoms with E-state index in [1.165, 1.54) is 135 Å². The number of esters is 1. The molecule has 1 aliphatic rings. The van der Waals surface area contributed by atoms with E-state index in [0.717, 1.165) is 38.5 Å². The van der Waals surface area contributed by atoms with Crippen LogP contribution < -0.4 is 0 Å². The van der Waals surface area contributed by atoms with Crippen molar-refractivity contribution in [2.75, 3.05) is 26.4 Å². The third-order valence-corrected chi connectivity index (χ3v) is 10.4. The number of aliphatic hydroxyl groups excluding tert-OH is 4. The lowest BCUT2D eigenvalue weighted by molar-refractivity contribution is -0.305. The molecule has 6 unspecified atom stereocenters. The van der Waals surface area contributed by atoms with Gasteiger partial charge < -0.3 is 39.4 Å². The first-order valence-corrected chi connectivity index (χ1v) is 22.4. The Kier molecular flexibility index (Phi) is 35.0. The number of carbonyl (C=O) groups is 1. The molecular weight excluding hydrogens is 684 g/mol. The van der Waals surface area contributed by atoms with Crippen LogP contribution in [-0.4, -0.2) is 89.6 Å². The number of hydrogen-bond acceptors (Lipinski definition) is 9. The fourth-order valence-corrected chi connectivity index (χ4v) is 6.82. The standard InChI is InChI=1S/C45H84O9/c1-3-5-7-9-11-13-14-15-16-17-18-19-20-21-22-23-24-25-27-29-31-33-35-51-37-39(38-52-45-44(50)43(49)42(48)40(36-46)54-45)53-41(47)34-32-30-28-26-12-10-8-6-4-2/h14-15,17-18,39-40,42-46,48-50H,3-13,16,19-38H2,1-2H3/b15-14-,18-17-. The van der Waals surface area contributed by atoms with Gasteiger partial charge in [-0.05, 0) is 44.9 Å². The molecule has 1 heterocycles. The van der Waals surface area contributed by atoms with Gasteiger partial charge in [0.2, 0.25) is 0 Å². The van der Waals surface area contributed by atoms with Crippen LogP contribution in [0.2, 0.25) is 0 Å². The van der Waals surface area contributed by atoms with Crippen molar-refractivity contribution >= 4 is 5.97 Å². The van der Waals surface area contributed by atoms with Crippen molar-refractivity contribution in [1.82, 2.24) is 0 Å². The zero-order valence-corrected chi connectivity index (χ0v) is 34.7. The van der Waals surface area contributed by atoms with Crippen molar-refractivity contribution < 1.29 is 44.2 Å². The van der Waals surface area contributed by atoms with Gasteiger partial charge in [-0.25, -0.2) is 0 Å². The first-order valence-electron chi connectivity index (χ1n) is 22.4.